The van der Waals surface area contributed by atoms with Crippen LogP contribution in [0.15, 0.2) is 48.5 Å². The summed E-state index contributed by atoms with van der Waals surface area (Å²) in [5, 5.41) is 0. The first-order chi connectivity index (χ1) is 12.7. The second kappa shape index (κ2) is 7.30. The Kier molecular flexibility index (Phi) is 4.71. The smallest absolute Gasteiger partial charge is 0.266 e. The Balaban J connectivity index is 1.36. The summed E-state index contributed by atoms with van der Waals surface area (Å²) in [6.07, 6.45) is 3.61. The number of nitrogens with zero attached hydrogens (tertiary/aromatic N) is 2. The first-order valence-corrected chi connectivity index (χ1v) is 9.17. The highest BCUT2D eigenvalue weighted by Gasteiger charge is 2.36. The molecule has 0 spiro atoms. The van der Waals surface area contributed by atoms with Gasteiger partial charge in [0.1, 0.15) is 5.75 Å². The van der Waals surface area contributed by atoms with E-state index in [2.05, 4.69) is 4.90 Å². The molecule has 1 fully saturated rings. The standard InChI is InChI=1S/C21H22N2O3/c24-20-18-6-1-2-7-19(18)21(25)23(20)16-8-10-17(11-9-16)26-15-5-14-22-12-3-4-13-22/h1-2,6-11H,3-5,12-15H2. The Morgan fingerprint density at radius 2 is 1.46 bits per heavy atom. The van der Waals surface area contributed by atoms with Crippen molar-refractivity contribution in [3.8, 4) is 5.75 Å². The number of fused-ring (bicyclic) bond motifs is 1. The Morgan fingerprint density at radius 1 is 0.846 bits per heavy atom. The molecule has 0 aromatic heterocycles. The van der Waals surface area contributed by atoms with E-state index in [1.165, 1.54) is 30.8 Å². The molecule has 2 amide bonds. The maximum absolute atomic E-state index is 12.5. The Hall–Kier alpha value is -2.66. The van der Waals surface area contributed by atoms with E-state index in [0.29, 0.717) is 23.4 Å². The summed E-state index contributed by atoms with van der Waals surface area (Å²) in [7, 11) is 0. The van der Waals surface area contributed by atoms with E-state index in [0.717, 1.165) is 18.7 Å². The van der Waals surface area contributed by atoms with Crippen LogP contribution in [0.25, 0.3) is 0 Å². The van der Waals surface area contributed by atoms with Gasteiger partial charge in [-0.05, 0) is 68.8 Å². The minimum atomic E-state index is -0.273. The van der Waals surface area contributed by atoms with Crippen molar-refractivity contribution in [1.29, 1.82) is 0 Å². The molecule has 2 aliphatic heterocycles. The van der Waals surface area contributed by atoms with Crippen molar-refractivity contribution in [2.45, 2.75) is 19.3 Å². The van der Waals surface area contributed by atoms with Gasteiger partial charge >= 0.3 is 0 Å². The average Bonchev–Trinajstić information content (AvgIpc) is 3.27. The van der Waals surface area contributed by atoms with Crippen molar-refractivity contribution < 1.29 is 14.3 Å². The zero-order chi connectivity index (χ0) is 17.9. The molecule has 0 N–H and O–H groups in total. The van der Waals surface area contributed by atoms with Crippen LogP contribution < -0.4 is 9.64 Å². The van der Waals surface area contributed by atoms with Crippen LogP contribution in [0.1, 0.15) is 40.0 Å². The topological polar surface area (TPSA) is 49.9 Å². The van der Waals surface area contributed by atoms with Gasteiger partial charge < -0.3 is 9.64 Å². The van der Waals surface area contributed by atoms with Crippen LogP contribution in [0.3, 0.4) is 0 Å². The Bertz CT molecular complexity index is 775. The third-order valence-corrected chi connectivity index (χ3v) is 4.98. The fraction of sp³-hybridized carbons (Fsp3) is 0.333. The Morgan fingerprint density at radius 3 is 2.08 bits per heavy atom. The SMILES string of the molecule is O=C1c2ccccc2C(=O)N1c1ccc(OCCCN2CCCC2)cc1. The second-order valence-corrected chi connectivity index (χ2v) is 6.74. The number of amides is 2. The first kappa shape index (κ1) is 16.8. The van der Waals surface area contributed by atoms with Crippen molar-refractivity contribution >= 4 is 17.5 Å². The largest absolute Gasteiger partial charge is 0.494 e. The monoisotopic (exact) mass is 350 g/mol. The summed E-state index contributed by atoms with van der Waals surface area (Å²) in [5.41, 5.74) is 1.49. The maximum atomic E-state index is 12.5. The average molecular weight is 350 g/mol. The van der Waals surface area contributed by atoms with Gasteiger partial charge in [-0.3, -0.25) is 9.59 Å². The third kappa shape index (κ3) is 3.22. The van der Waals surface area contributed by atoms with Crippen molar-refractivity contribution in [2.24, 2.45) is 0 Å². The van der Waals surface area contributed by atoms with Gasteiger partial charge in [0.2, 0.25) is 0 Å². The molecule has 0 unspecified atom stereocenters. The molecule has 0 atom stereocenters. The van der Waals surface area contributed by atoms with Gasteiger partial charge in [0.15, 0.2) is 0 Å². The lowest BCUT2D eigenvalue weighted by Gasteiger charge is -2.16. The molecule has 2 aromatic rings. The number of carbonyl (C=O) groups is 2. The number of imide groups is 1. The van der Waals surface area contributed by atoms with Gasteiger partial charge in [-0.1, -0.05) is 12.1 Å². The van der Waals surface area contributed by atoms with Crippen molar-refractivity contribution in [3.63, 3.8) is 0 Å². The van der Waals surface area contributed by atoms with Crippen molar-refractivity contribution in [3.05, 3.63) is 59.7 Å². The number of likely N-dealkylation sites (tertiary alicyclic amines) is 1. The molecule has 0 radical (unpaired) electrons. The zero-order valence-corrected chi connectivity index (χ0v) is 14.7. The number of anilines is 1. The van der Waals surface area contributed by atoms with E-state index in [9.17, 15) is 9.59 Å². The first-order valence-electron chi connectivity index (χ1n) is 9.17. The van der Waals surface area contributed by atoms with E-state index in [4.69, 9.17) is 4.74 Å². The molecule has 2 aliphatic rings. The summed E-state index contributed by atoms with van der Waals surface area (Å²) in [4.78, 5) is 28.7. The lowest BCUT2D eigenvalue weighted by Crippen LogP contribution is -2.29. The maximum Gasteiger partial charge on any atom is 0.266 e. The number of hydrogen-bond acceptors (Lipinski definition) is 4. The fourth-order valence-electron chi connectivity index (χ4n) is 3.60. The lowest BCUT2D eigenvalue weighted by molar-refractivity contribution is 0.0926. The van der Waals surface area contributed by atoms with Gasteiger partial charge in [0.25, 0.3) is 11.8 Å². The normalized spacial score (nSPS) is 17.0. The number of hydrogen-bond donors (Lipinski definition) is 0. The molecule has 1 saturated heterocycles. The molecule has 4 rings (SSSR count). The van der Waals surface area contributed by atoms with E-state index >= 15 is 0 Å². The van der Waals surface area contributed by atoms with Crippen molar-refractivity contribution in [2.75, 3.05) is 31.1 Å². The summed E-state index contributed by atoms with van der Waals surface area (Å²) >= 11 is 0. The molecule has 0 saturated carbocycles. The van der Waals surface area contributed by atoms with E-state index in [1.807, 2.05) is 12.1 Å². The van der Waals surface area contributed by atoms with Crippen LogP contribution in [0.4, 0.5) is 5.69 Å². The lowest BCUT2D eigenvalue weighted by atomic mass is 10.1. The number of rotatable bonds is 6. The third-order valence-electron chi connectivity index (χ3n) is 4.98. The van der Waals surface area contributed by atoms with Gasteiger partial charge in [-0.25, -0.2) is 4.90 Å². The minimum Gasteiger partial charge on any atom is -0.494 e. The van der Waals surface area contributed by atoms with E-state index in [1.54, 1.807) is 36.4 Å². The minimum absolute atomic E-state index is 0.273. The molecule has 26 heavy (non-hydrogen) atoms. The van der Waals surface area contributed by atoms with Crippen molar-refractivity contribution in [1.82, 2.24) is 4.90 Å². The predicted octanol–water partition coefficient (Wildman–Crippen LogP) is 3.35. The molecule has 0 bridgehead atoms. The van der Waals surface area contributed by atoms with Crippen LogP contribution >= 0.6 is 0 Å². The Labute approximate surface area is 153 Å². The van der Waals surface area contributed by atoms with E-state index < -0.39 is 0 Å². The summed E-state index contributed by atoms with van der Waals surface area (Å²) in [6, 6.07) is 14.1. The molecule has 134 valence electrons. The fourth-order valence-corrected chi connectivity index (χ4v) is 3.60. The van der Waals surface area contributed by atoms with Gasteiger partial charge in [0.05, 0.1) is 23.4 Å². The van der Waals surface area contributed by atoms with Gasteiger partial charge in [0, 0.05) is 6.54 Å². The summed E-state index contributed by atoms with van der Waals surface area (Å²) < 4.78 is 5.78. The molecular weight excluding hydrogens is 328 g/mol. The number of carbonyl (C=O) groups excluding carboxylic acids is 2. The summed E-state index contributed by atoms with van der Waals surface area (Å²) in [6.45, 7) is 4.15. The molecule has 2 heterocycles. The number of ether oxygens (including phenoxy) is 1. The second-order valence-electron chi connectivity index (χ2n) is 6.74. The molecular formula is C21H22N2O3. The van der Waals surface area contributed by atoms with Gasteiger partial charge in [-0.2, -0.15) is 0 Å². The quantitative estimate of drug-likeness (QED) is 0.592. The molecule has 2 aromatic carbocycles. The molecule has 0 aliphatic carbocycles. The highest BCUT2D eigenvalue weighted by molar-refractivity contribution is 6.34. The van der Waals surface area contributed by atoms with Crippen LogP contribution in [0, 0.1) is 0 Å². The van der Waals surface area contributed by atoms with Crippen LogP contribution in [-0.2, 0) is 0 Å². The highest BCUT2D eigenvalue weighted by atomic mass is 16.5. The van der Waals surface area contributed by atoms with Crippen LogP contribution in [-0.4, -0.2) is 43.0 Å². The predicted molar refractivity (Wildman–Crippen MR) is 99.8 cm³/mol. The summed E-state index contributed by atoms with van der Waals surface area (Å²) in [5.74, 6) is 0.210. The van der Waals surface area contributed by atoms with E-state index in [-0.39, 0.29) is 11.8 Å². The number of benzene rings is 2. The van der Waals surface area contributed by atoms with Crippen LogP contribution in [0.5, 0.6) is 5.75 Å². The van der Waals surface area contributed by atoms with Crippen LogP contribution in [0.2, 0.25) is 0 Å². The molecule has 5 nitrogen and oxygen atoms in total. The van der Waals surface area contributed by atoms with Gasteiger partial charge in [-0.15, -0.1) is 0 Å². The zero-order valence-electron chi connectivity index (χ0n) is 14.7. The highest BCUT2D eigenvalue weighted by Crippen LogP contribution is 2.29. The molecule has 5 heteroatoms.